The average molecular weight is 304 g/mol. The van der Waals surface area contributed by atoms with Crippen molar-refractivity contribution in [2.24, 2.45) is 18.4 Å². The number of hydrogen-bond donors (Lipinski definition) is 1. The summed E-state index contributed by atoms with van der Waals surface area (Å²) >= 11 is 0. The van der Waals surface area contributed by atoms with Crippen LogP contribution in [-0.4, -0.2) is 33.8 Å². The van der Waals surface area contributed by atoms with E-state index in [1.54, 1.807) is 4.68 Å². The van der Waals surface area contributed by atoms with Gasteiger partial charge in [-0.15, -0.1) is 0 Å². The van der Waals surface area contributed by atoms with Crippen molar-refractivity contribution in [3.63, 3.8) is 0 Å². The summed E-state index contributed by atoms with van der Waals surface area (Å²) in [5.41, 5.74) is 1.44. The lowest BCUT2D eigenvalue weighted by Gasteiger charge is -2.52. The van der Waals surface area contributed by atoms with Crippen LogP contribution in [0.5, 0.6) is 0 Å². The lowest BCUT2D eigenvalue weighted by atomic mass is 9.59. The van der Waals surface area contributed by atoms with Gasteiger partial charge in [0.15, 0.2) is 0 Å². The summed E-state index contributed by atoms with van der Waals surface area (Å²) in [6.07, 6.45) is 7.03. The molecule has 1 aliphatic heterocycles. The van der Waals surface area contributed by atoms with Crippen LogP contribution in [-0.2, 0) is 13.5 Å². The van der Waals surface area contributed by atoms with Crippen LogP contribution in [0.1, 0.15) is 51.6 Å². The van der Waals surface area contributed by atoms with Crippen LogP contribution >= 0.6 is 0 Å². The maximum absolute atomic E-state index is 12.6. The summed E-state index contributed by atoms with van der Waals surface area (Å²) in [6, 6.07) is 2.02. The number of aromatic nitrogens is 2. The van der Waals surface area contributed by atoms with Crippen LogP contribution in [0.25, 0.3) is 0 Å². The Kier molecular flexibility index (Phi) is 4.15. The number of aryl methyl sites for hydroxylation is 2. The Morgan fingerprint density at radius 2 is 2.27 bits per heavy atom. The van der Waals surface area contributed by atoms with E-state index in [0.717, 1.165) is 49.8 Å². The predicted octanol–water partition coefficient (Wildman–Crippen LogP) is 3.42. The van der Waals surface area contributed by atoms with Gasteiger partial charge in [-0.2, -0.15) is 5.10 Å². The van der Waals surface area contributed by atoms with Crippen molar-refractivity contribution in [3.8, 4) is 0 Å². The molecule has 5 heteroatoms. The molecule has 122 valence electrons. The van der Waals surface area contributed by atoms with Gasteiger partial charge in [-0.05, 0) is 37.0 Å². The minimum Gasteiger partial charge on any atom is -0.324 e. The molecule has 1 saturated carbocycles. The molecular formula is C17H28N4O. The fourth-order valence-corrected chi connectivity index (χ4v) is 3.94. The van der Waals surface area contributed by atoms with Crippen LogP contribution in [0.3, 0.4) is 0 Å². The number of amides is 2. The van der Waals surface area contributed by atoms with E-state index in [1.807, 2.05) is 18.0 Å². The Morgan fingerprint density at radius 1 is 1.50 bits per heavy atom. The fraction of sp³-hybridized carbons (Fsp3) is 0.765. The van der Waals surface area contributed by atoms with Gasteiger partial charge in [-0.25, -0.2) is 4.79 Å². The molecule has 2 aliphatic rings. The molecule has 22 heavy (non-hydrogen) atoms. The fourth-order valence-electron chi connectivity index (χ4n) is 3.94. The quantitative estimate of drug-likeness (QED) is 0.930. The Hall–Kier alpha value is -1.52. The summed E-state index contributed by atoms with van der Waals surface area (Å²) in [5, 5.41) is 7.50. The molecule has 2 heterocycles. The standard InChI is InChI=1S/C17H28N4O/c1-4-6-14-11-15(20(3)19-14)18-16(22)21-10-7-13(2)17(12-21)8-5-9-17/h11,13H,4-10,12H2,1-3H3,(H,18,22). The largest absolute Gasteiger partial charge is 0.324 e. The molecule has 5 nitrogen and oxygen atoms in total. The highest BCUT2D eigenvalue weighted by atomic mass is 16.2. The lowest BCUT2D eigenvalue weighted by Crippen LogP contribution is -2.54. The summed E-state index contributed by atoms with van der Waals surface area (Å²) < 4.78 is 1.77. The highest BCUT2D eigenvalue weighted by Crippen LogP contribution is 2.50. The Morgan fingerprint density at radius 3 is 2.91 bits per heavy atom. The SMILES string of the molecule is CCCc1cc(NC(=O)N2CCC(C)C3(CCC3)C2)n(C)n1. The number of nitrogens with one attached hydrogen (secondary N) is 1. The van der Waals surface area contributed by atoms with E-state index < -0.39 is 0 Å². The van der Waals surface area contributed by atoms with Crippen molar-refractivity contribution in [2.45, 2.75) is 52.4 Å². The maximum atomic E-state index is 12.6. The van der Waals surface area contributed by atoms with Gasteiger partial charge in [0.2, 0.25) is 0 Å². The van der Waals surface area contributed by atoms with Gasteiger partial charge in [-0.3, -0.25) is 10.00 Å². The molecule has 0 bridgehead atoms. The normalized spacial score (nSPS) is 23.4. The first-order chi connectivity index (χ1) is 10.5. The van der Waals surface area contributed by atoms with Gasteiger partial charge >= 0.3 is 6.03 Å². The van der Waals surface area contributed by atoms with E-state index >= 15 is 0 Å². The zero-order valence-corrected chi connectivity index (χ0v) is 14.1. The summed E-state index contributed by atoms with van der Waals surface area (Å²) in [6.45, 7) is 6.28. The molecule has 1 aliphatic carbocycles. The minimum atomic E-state index is 0.0317. The highest BCUT2D eigenvalue weighted by Gasteiger charge is 2.46. The molecule has 0 aromatic carbocycles. The molecule has 3 rings (SSSR count). The van der Waals surface area contributed by atoms with Gasteiger partial charge in [0.25, 0.3) is 0 Å². The summed E-state index contributed by atoms with van der Waals surface area (Å²) in [4.78, 5) is 14.6. The number of hydrogen-bond acceptors (Lipinski definition) is 2. The molecule has 1 unspecified atom stereocenters. The molecule has 1 aromatic heterocycles. The van der Waals surface area contributed by atoms with E-state index in [4.69, 9.17) is 0 Å². The van der Waals surface area contributed by atoms with Crippen molar-refractivity contribution in [1.29, 1.82) is 0 Å². The van der Waals surface area contributed by atoms with E-state index in [2.05, 4.69) is 24.3 Å². The number of carbonyl (C=O) groups excluding carboxylic acids is 1. The van der Waals surface area contributed by atoms with Crippen molar-refractivity contribution in [2.75, 3.05) is 18.4 Å². The van der Waals surface area contributed by atoms with Crippen LogP contribution < -0.4 is 5.32 Å². The van der Waals surface area contributed by atoms with Crippen LogP contribution in [0, 0.1) is 11.3 Å². The van der Waals surface area contributed by atoms with Gasteiger partial charge in [-0.1, -0.05) is 26.7 Å². The highest BCUT2D eigenvalue weighted by molar-refractivity contribution is 5.88. The number of piperidine rings is 1. The third-order valence-corrected chi connectivity index (χ3v) is 5.69. The minimum absolute atomic E-state index is 0.0317. The van der Waals surface area contributed by atoms with E-state index in [1.165, 1.54) is 19.3 Å². The molecule has 2 amide bonds. The maximum Gasteiger partial charge on any atom is 0.323 e. The Balaban J connectivity index is 1.64. The second kappa shape index (κ2) is 5.94. The molecule has 0 radical (unpaired) electrons. The van der Waals surface area contributed by atoms with Crippen molar-refractivity contribution < 1.29 is 4.79 Å². The molecular weight excluding hydrogens is 276 g/mol. The molecule has 2 fully saturated rings. The number of rotatable bonds is 3. The number of urea groups is 1. The second-order valence-corrected chi connectivity index (χ2v) is 7.15. The number of likely N-dealkylation sites (tertiary alicyclic amines) is 1. The smallest absolute Gasteiger partial charge is 0.323 e. The second-order valence-electron chi connectivity index (χ2n) is 7.15. The first-order valence-electron chi connectivity index (χ1n) is 8.63. The van der Waals surface area contributed by atoms with Crippen LogP contribution in [0.2, 0.25) is 0 Å². The number of anilines is 1. The van der Waals surface area contributed by atoms with E-state index in [-0.39, 0.29) is 6.03 Å². The van der Waals surface area contributed by atoms with Gasteiger partial charge in [0, 0.05) is 26.2 Å². The van der Waals surface area contributed by atoms with Crippen LogP contribution in [0.4, 0.5) is 10.6 Å². The van der Waals surface area contributed by atoms with Crippen molar-refractivity contribution >= 4 is 11.8 Å². The zero-order chi connectivity index (χ0) is 15.7. The topological polar surface area (TPSA) is 50.2 Å². The first-order valence-corrected chi connectivity index (χ1v) is 8.63. The molecule has 1 atom stereocenters. The lowest BCUT2D eigenvalue weighted by molar-refractivity contribution is -0.0108. The summed E-state index contributed by atoms with van der Waals surface area (Å²) in [7, 11) is 1.89. The summed E-state index contributed by atoms with van der Waals surface area (Å²) in [5.74, 6) is 1.55. The van der Waals surface area contributed by atoms with Crippen molar-refractivity contribution in [3.05, 3.63) is 11.8 Å². The van der Waals surface area contributed by atoms with E-state index in [0.29, 0.717) is 5.41 Å². The number of carbonyl (C=O) groups is 1. The van der Waals surface area contributed by atoms with Gasteiger partial charge in [0.1, 0.15) is 5.82 Å². The monoisotopic (exact) mass is 304 g/mol. The zero-order valence-electron chi connectivity index (χ0n) is 14.1. The molecule has 1 N–H and O–H groups in total. The molecule has 1 spiro atoms. The van der Waals surface area contributed by atoms with Crippen molar-refractivity contribution in [1.82, 2.24) is 14.7 Å². The third kappa shape index (κ3) is 2.73. The van der Waals surface area contributed by atoms with Gasteiger partial charge in [0.05, 0.1) is 5.69 Å². The Bertz CT molecular complexity index is 547. The average Bonchev–Trinajstić information content (AvgIpc) is 2.78. The molecule has 1 saturated heterocycles. The van der Waals surface area contributed by atoms with Gasteiger partial charge < -0.3 is 4.90 Å². The third-order valence-electron chi connectivity index (χ3n) is 5.69. The van der Waals surface area contributed by atoms with Crippen LogP contribution in [0.15, 0.2) is 6.07 Å². The Labute approximate surface area is 133 Å². The first kappa shape index (κ1) is 15.4. The predicted molar refractivity (Wildman–Crippen MR) is 87.9 cm³/mol. The number of nitrogens with zero attached hydrogens (tertiary/aromatic N) is 3. The molecule has 1 aromatic rings. The van der Waals surface area contributed by atoms with E-state index in [9.17, 15) is 4.79 Å².